The van der Waals surface area contributed by atoms with Gasteiger partial charge >= 0.3 is 0 Å². The van der Waals surface area contributed by atoms with Gasteiger partial charge in [-0.05, 0) is 162 Å². The van der Waals surface area contributed by atoms with Gasteiger partial charge in [0.2, 0.25) is 8.32 Å². The van der Waals surface area contributed by atoms with E-state index in [4.69, 9.17) is 13.3 Å². The lowest BCUT2D eigenvalue weighted by Crippen LogP contribution is -2.57. The van der Waals surface area contributed by atoms with Crippen molar-refractivity contribution in [1.29, 1.82) is 0 Å². The standard InChI is InChI=1S/C36H68O3Si3/c1-26(25-37-40(5,6)7)15-14-16-27(2)30-17-18-31-34-32(20-22-36(30,31)4)35(3)21-19-29(38-41(8,9)10)23-28(35)24-33(34)39-42(11,12)13/h19,23,26-27,30-34H,14-18,20-22,24-25H2,1-13H3/t26?,27?,30?,31?,32?,33-,34?,35?,36?/m1/s1. The summed E-state index contributed by atoms with van der Waals surface area (Å²) in [4.78, 5) is 0. The molecule has 0 amide bonds. The van der Waals surface area contributed by atoms with E-state index in [0.717, 1.165) is 48.9 Å². The molecule has 0 spiro atoms. The summed E-state index contributed by atoms with van der Waals surface area (Å²) in [5.41, 5.74) is 2.35. The molecule has 9 atom stereocenters. The third kappa shape index (κ3) is 7.97. The zero-order chi connectivity index (χ0) is 31.3. The quantitative estimate of drug-likeness (QED) is 0.200. The van der Waals surface area contributed by atoms with E-state index < -0.39 is 25.0 Å². The summed E-state index contributed by atoms with van der Waals surface area (Å²) in [7, 11) is -4.73. The van der Waals surface area contributed by atoms with Crippen LogP contribution in [0.5, 0.6) is 0 Å². The molecule has 4 aliphatic carbocycles. The Morgan fingerprint density at radius 1 is 0.857 bits per heavy atom. The molecule has 0 radical (unpaired) electrons. The van der Waals surface area contributed by atoms with E-state index in [0.29, 0.717) is 23.4 Å². The van der Waals surface area contributed by atoms with Crippen LogP contribution in [0.4, 0.5) is 0 Å². The Balaban J connectivity index is 1.50. The predicted molar refractivity (Wildman–Crippen MR) is 188 cm³/mol. The van der Waals surface area contributed by atoms with Gasteiger partial charge in [0.25, 0.3) is 0 Å². The minimum Gasteiger partial charge on any atom is -0.545 e. The van der Waals surface area contributed by atoms with Gasteiger partial charge in [-0.3, -0.25) is 0 Å². The van der Waals surface area contributed by atoms with Gasteiger partial charge in [-0.25, -0.2) is 0 Å². The zero-order valence-corrected chi connectivity index (χ0v) is 33.0. The summed E-state index contributed by atoms with van der Waals surface area (Å²) in [6.07, 6.45) is 17.2. The fourth-order valence-corrected chi connectivity index (χ4v) is 12.6. The molecular formula is C36H68O3Si3. The van der Waals surface area contributed by atoms with Crippen molar-refractivity contribution in [2.24, 2.45) is 46.3 Å². The van der Waals surface area contributed by atoms with Gasteiger partial charge in [0.05, 0.1) is 11.9 Å². The Bertz CT molecular complexity index is 1000. The summed E-state index contributed by atoms with van der Waals surface area (Å²) >= 11 is 0. The van der Waals surface area contributed by atoms with Crippen molar-refractivity contribution in [3.63, 3.8) is 0 Å². The average molecular weight is 633 g/mol. The maximum absolute atomic E-state index is 7.20. The predicted octanol–water partition coefficient (Wildman–Crippen LogP) is 11.0. The van der Waals surface area contributed by atoms with Crippen molar-refractivity contribution in [3.05, 3.63) is 23.5 Å². The van der Waals surface area contributed by atoms with E-state index in [9.17, 15) is 0 Å². The molecule has 3 fully saturated rings. The largest absolute Gasteiger partial charge is 0.545 e. The van der Waals surface area contributed by atoms with Gasteiger partial charge < -0.3 is 13.3 Å². The summed E-state index contributed by atoms with van der Waals surface area (Å²) in [5.74, 6) is 5.71. The third-order valence-corrected chi connectivity index (χ3v) is 14.5. The van der Waals surface area contributed by atoms with Crippen LogP contribution in [0.3, 0.4) is 0 Å². The molecule has 242 valence electrons. The molecule has 0 saturated heterocycles. The van der Waals surface area contributed by atoms with Crippen molar-refractivity contribution >= 4 is 25.0 Å². The highest BCUT2D eigenvalue weighted by atomic mass is 28.4. The van der Waals surface area contributed by atoms with Crippen LogP contribution in [0.1, 0.15) is 85.5 Å². The summed E-state index contributed by atoms with van der Waals surface area (Å²) in [6, 6.07) is 0. The number of hydrogen-bond donors (Lipinski definition) is 0. The Hall–Kier alpha value is -0.149. The lowest BCUT2D eigenvalue weighted by molar-refractivity contribution is -0.104. The highest BCUT2D eigenvalue weighted by Crippen LogP contribution is 2.68. The van der Waals surface area contributed by atoms with E-state index in [1.54, 1.807) is 5.57 Å². The lowest BCUT2D eigenvalue weighted by atomic mass is 9.46. The van der Waals surface area contributed by atoms with Crippen molar-refractivity contribution < 1.29 is 13.3 Å². The molecule has 0 aliphatic heterocycles. The van der Waals surface area contributed by atoms with E-state index in [1.807, 2.05) is 0 Å². The summed E-state index contributed by atoms with van der Waals surface area (Å²) in [6.45, 7) is 32.3. The first-order chi connectivity index (χ1) is 19.2. The molecule has 0 aromatic heterocycles. The van der Waals surface area contributed by atoms with Crippen LogP contribution >= 0.6 is 0 Å². The molecular weight excluding hydrogens is 565 g/mol. The Labute approximate surface area is 264 Å². The molecule has 4 rings (SSSR count). The van der Waals surface area contributed by atoms with Crippen LogP contribution in [0, 0.1) is 46.3 Å². The first-order valence-electron chi connectivity index (χ1n) is 17.6. The van der Waals surface area contributed by atoms with Gasteiger partial charge in [0.1, 0.15) is 0 Å². The highest BCUT2D eigenvalue weighted by molar-refractivity contribution is 6.70. The zero-order valence-electron chi connectivity index (χ0n) is 30.0. The molecule has 0 heterocycles. The lowest BCUT2D eigenvalue weighted by Gasteiger charge is -2.61. The molecule has 0 aromatic rings. The second kappa shape index (κ2) is 12.6. The fraction of sp³-hybridized carbons (Fsp3) is 0.889. The van der Waals surface area contributed by atoms with Gasteiger partial charge in [-0.1, -0.05) is 46.1 Å². The second-order valence-electron chi connectivity index (χ2n) is 18.5. The van der Waals surface area contributed by atoms with Crippen LogP contribution in [0.15, 0.2) is 23.5 Å². The number of allylic oxidation sites excluding steroid dienone is 2. The van der Waals surface area contributed by atoms with E-state index >= 15 is 0 Å². The maximum atomic E-state index is 7.20. The van der Waals surface area contributed by atoms with Crippen LogP contribution in [0.25, 0.3) is 0 Å². The maximum Gasteiger partial charge on any atom is 0.242 e. The number of fused-ring (bicyclic) bond motifs is 5. The topological polar surface area (TPSA) is 27.7 Å². The van der Waals surface area contributed by atoms with E-state index in [-0.39, 0.29) is 5.41 Å². The fourth-order valence-electron chi connectivity index (χ4n) is 9.77. The molecule has 0 N–H and O–H groups in total. The molecule has 3 nitrogen and oxygen atoms in total. The van der Waals surface area contributed by atoms with Crippen LogP contribution in [-0.4, -0.2) is 37.7 Å². The smallest absolute Gasteiger partial charge is 0.242 e. The number of rotatable bonds is 12. The SMILES string of the molecule is CC(CCCC(C)C1CCC2C3C(CCC12C)C1(C)CC=C(O[Si](C)(C)C)C=C1C[C@H]3O[Si](C)(C)C)CO[Si](C)(C)C. The Morgan fingerprint density at radius 2 is 1.55 bits per heavy atom. The van der Waals surface area contributed by atoms with Crippen LogP contribution in [0.2, 0.25) is 58.9 Å². The molecule has 42 heavy (non-hydrogen) atoms. The normalized spacial score (nSPS) is 36.7. The van der Waals surface area contributed by atoms with Gasteiger partial charge in [0.15, 0.2) is 16.6 Å². The second-order valence-corrected chi connectivity index (χ2v) is 31.9. The van der Waals surface area contributed by atoms with Gasteiger partial charge in [-0.2, -0.15) is 0 Å². The van der Waals surface area contributed by atoms with Crippen LogP contribution < -0.4 is 0 Å². The van der Waals surface area contributed by atoms with Crippen molar-refractivity contribution in [1.82, 2.24) is 0 Å². The van der Waals surface area contributed by atoms with Crippen LogP contribution in [-0.2, 0) is 13.3 Å². The number of hydrogen-bond acceptors (Lipinski definition) is 3. The minimum atomic E-state index is -1.69. The minimum absolute atomic E-state index is 0.259. The van der Waals surface area contributed by atoms with Crippen molar-refractivity contribution in [3.8, 4) is 0 Å². The van der Waals surface area contributed by atoms with Gasteiger partial charge in [-0.15, -0.1) is 0 Å². The first-order valence-corrected chi connectivity index (χ1v) is 27.9. The molecule has 6 heteroatoms. The third-order valence-electron chi connectivity index (χ3n) is 11.6. The highest BCUT2D eigenvalue weighted by Gasteiger charge is 2.62. The summed E-state index contributed by atoms with van der Waals surface area (Å²) in [5, 5.41) is 0. The molecule has 8 unspecified atom stereocenters. The molecule has 3 saturated carbocycles. The Kier molecular flexibility index (Phi) is 10.4. The monoisotopic (exact) mass is 632 g/mol. The molecule has 0 aromatic carbocycles. The summed E-state index contributed by atoms with van der Waals surface area (Å²) < 4.78 is 20.0. The first kappa shape index (κ1) is 34.7. The Morgan fingerprint density at radius 3 is 2.17 bits per heavy atom. The van der Waals surface area contributed by atoms with Crippen molar-refractivity contribution in [2.45, 2.75) is 151 Å². The van der Waals surface area contributed by atoms with Crippen molar-refractivity contribution in [2.75, 3.05) is 6.61 Å². The molecule has 4 aliphatic rings. The van der Waals surface area contributed by atoms with Gasteiger partial charge in [0, 0.05) is 6.61 Å². The average Bonchev–Trinajstić information content (AvgIpc) is 3.18. The van der Waals surface area contributed by atoms with E-state index in [1.165, 1.54) is 44.9 Å². The van der Waals surface area contributed by atoms with E-state index in [2.05, 4.69) is 98.8 Å². The molecule has 0 bridgehead atoms.